The highest BCUT2D eigenvalue weighted by Gasteiger charge is 2.22. The first kappa shape index (κ1) is 13.9. The van der Waals surface area contributed by atoms with Crippen LogP contribution in [0.1, 0.15) is 21.8 Å². The third-order valence-electron chi connectivity index (χ3n) is 2.07. The molecule has 0 saturated carbocycles. The molecule has 1 heterocycles. The summed E-state index contributed by atoms with van der Waals surface area (Å²) in [6, 6.07) is -0.864. The first-order valence-electron chi connectivity index (χ1n) is 4.87. The van der Waals surface area contributed by atoms with Gasteiger partial charge in [-0.3, -0.25) is 4.79 Å². The molecule has 17 heavy (non-hydrogen) atoms. The number of aliphatic carboxylic acids is 1. The summed E-state index contributed by atoms with van der Waals surface area (Å²) in [7, 11) is 0. The molecule has 0 aliphatic carbocycles. The zero-order valence-electron chi connectivity index (χ0n) is 9.47. The molecule has 1 rings (SSSR count). The van der Waals surface area contributed by atoms with Crippen LogP contribution in [0.25, 0.3) is 0 Å². The molecular formula is C9H13N3O3S2. The standard InChI is InChI=1S/C9H13N3O3S2/c1-5-7(17-12-11-5)8(13)10-6(9(14)15)3-4-16-2/h6H,3-4H2,1-2H3,(H,10,13)(H,14,15)/t6-/m1/s1. The van der Waals surface area contributed by atoms with E-state index >= 15 is 0 Å². The Hall–Kier alpha value is -1.15. The lowest BCUT2D eigenvalue weighted by atomic mass is 10.2. The minimum Gasteiger partial charge on any atom is -0.480 e. The van der Waals surface area contributed by atoms with Crippen molar-refractivity contribution in [3.63, 3.8) is 0 Å². The first-order chi connectivity index (χ1) is 8.06. The maximum absolute atomic E-state index is 11.8. The van der Waals surface area contributed by atoms with E-state index in [-0.39, 0.29) is 0 Å². The summed E-state index contributed by atoms with van der Waals surface area (Å²) in [5, 5.41) is 15.1. The number of amides is 1. The third-order valence-corrected chi connectivity index (χ3v) is 3.54. The Morgan fingerprint density at radius 1 is 1.59 bits per heavy atom. The van der Waals surface area contributed by atoms with Crippen LogP contribution in [0.4, 0.5) is 0 Å². The predicted octanol–water partition coefficient (Wildman–Crippen LogP) is 0.783. The molecule has 1 aromatic heterocycles. The summed E-state index contributed by atoms with van der Waals surface area (Å²) < 4.78 is 3.64. The predicted molar refractivity (Wildman–Crippen MR) is 66.5 cm³/mol. The van der Waals surface area contributed by atoms with Gasteiger partial charge in [0, 0.05) is 0 Å². The van der Waals surface area contributed by atoms with E-state index < -0.39 is 17.9 Å². The lowest BCUT2D eigenvalue weighted by molar-refractivity contribution is -0.139. The average molecular weight is 275 g/mol. The van der Waals surface area contributed by atoms with Crippen LogP contribution >= 0.6 is 23.3 Å². The van der Waals surface area contributed by atoms with E-state index in [1.54, 1.807) is 6.92 Å². The van der Waals surface area contributed by atoms with Gasteiger partial charge < -0.3 is 10.4 Å². The van der Waals surface area contributed by atoms with Gasteiger partial charge in [0.2, 0.25) is 0 Å². The van der Waals surface area contributed by atoms with E-state index in [2.05, 4.69) is 14.9 Å². The molecule has 0 bridgehead atoms. The van der Waals surface area contributed by atoms with Crippen LogP contribution in [0.5, 0.6) is 0 Å². The van der Waals surface area contributed by atoms with Crippen molar-refractivity contribution in [3.8, 4) is 0 Å². The fourth-order valence-electron chi connectivity index (χ4n) is 1.16. The lowest BCUT2D eigenvalue weighted by Crippen LogP contribution is -2.41. The second-order valence-electron chi connectivity index (χ2n) is 3.33. The number of carbonyl (C=O) groups is 2. The zero-order chi connectivity index (χ0) is 12.8. The maximum atomic E-state index is 11.8. The molecule has 0 fully saturated rings. The van der Waals surface area contributed by atoms with Crippen LogP contribution in [0.15, 0.2) is 0 Å². The summed E-state index contributed by atoms with van der Waals surface area (Å²) in [6.45, 7) is 1.66. The van der Waals surface area contributed by atoms with Crippen LogP contribution in [-0.2, 0) is 4.79 Å². The quantitative estimate of drug-likeness (QED) is 0.797. The Labute approximate surface area is 107 Å². The van der Waals surface area contributed by atoms with Crippen molar-refractivity contribution in [1.29, 1.82) is 0 Å². The van der Waals surface area contributed by atoms with E-state index in [1.807, 2.05) is 6.26 Å². The van der Waals surface area contributed by atoms with Crippen molar-refractivity contribution < 1.29 is 14.7 Å². The minimum absolute atomic E-state index is 0.361. The number of aryl methyl sites for hydroxylation is 1. The van der Waals surface area contributed by atoms with E-state index in [0.717, 1.165) is 11.5 Å². The molecule has 0 aromatic carbocycles. The van der Waals surface area contributed by atoms with Crippen LogP contribution in [-0.4, -0.2) is 44.6 Å². The van der Waals surface area contributed by atoms with Gasteiger partial charge in [0.1, 0.15) is 10.9 Å². The van der Waals surface area contributed by atoms with Gasteiger partial charge in [0.15, 0.2) is 0 Å². The Morgan fingerprint density at radius 2 is 2.29 bits per heavy atom. The smallest absolute Gasteiger partial charge is 0.326 e. The number of thioether (sulfide) groups is 1. The van der Waals surface area contributed by atoms with E-state index in [9.17, 15) is 9.59 Å². The SMILES string of the molecule is CSCC[C@@H](NC(=O)c1snnc1C)C(=O)O. The Morgan fingerprint density at radius 3 is 2.76 bits per heavy atom. The van der Waals surface area contributed by atoms with E-state index in [0.29, 0.717) is 22.7 Å². The van der Waals surface area contributed by atoms with Gasteiger partial charge in [0.25, 0.3) is 5.91 Å². The summed E-state index contributed by atoms with van der Waals surface area (Å²) >= 11 is 2.50. The summed E-state index contributed by atoms with van der Waals surface area (Å²) in [4.78, 5) is 23.1. The molecule has 0 aliphatic rings. The van der Waals surface area contributed by atoms with Crippen molar-refractivity contribution in [2.45, 2.75) is 19.4 Å². The maximum Gasteiger partial charge on any atom is 0.326 e. The van der Waals surface area contributed by atoms with Crippen molar-refractivity contribution in [1.82, 2.24) is 14.9 Å². The lowest BCUT2D eigenvalue weighted by Gasteiger charge is -2.12. The van der Waals surface area contributed by atoms with Crippen LogP contribution in [0.3, 0.4) is 0 Å². The van der Waals surface area contributed by atoms with Gasteiger partial charge in [-0.1, -0.05) is 4.49 Å². The van der Waals surface area contributed by atoms with Crippen molar-refractivity contribution in [3.05, 3.63) is 10.6 Å². The Balaban J connectivity index is 2.64. The van der Waals surface area contributed by atoms with Crippen LogP contribution in [0.2, 0.25) is 0 Å². The largest absolute Gasteiger partial charge is 0.480 e. The van der Waals surface area contributed by atoms with E-state index in [1.165, 1.54) is 11.8 Å². The summed E-state index contributed by atoms with van der Waals surface area (Å²) in [5.41, 5.74) is 0.515. The molecule has 6 nitrogen and oxygen atoms in total. The monoisotopic (exact) mass is 275 g/mol. The zero-order valence-corrected chi connectivity index (χ0v) is 11.1. The van der Waals surface area contributed by atoms with E-state index in [4.69, 9.17) is 5.11 Å². The molecule has 2 N–H and O–H groups in total. The van der Waals surface area contributed by atoms with Gasteiger partial charge in [-0.05, 0) is 36.9 Å². The summed E-state index contributed by atoms with van der Waals surface area (Å²) in [5.74, 6) is -0.773. The van der Waals surface area contributed by atoms with Crippen LogP contribution in [0, 0.1) is 6.92 Å². The number of nitrogens with zero attached hydrogens (tertiary/aromatic N) is 2. The third kappa shape index (κ3) is 3.97. The number of carboxylic acids is 1. The molecule has 0 spiro atoms. The fourth-order valence-corrected chi connectivity index (χ4v) is 2.19. The molecule has 8 heteroatoms. The number of hydrogen-bond acceptors (Lipinski definition) is 6. The Bertz CT molecular complexity index is 408. The van der Waals surface area contributed by atoms with Gasteiger partial charge in [0.05, 0.1) is 5.69 Å². The minimum atomic E-state index is -1.03. The number of rotatable bonds is 6. The van der Waals surface area contributed by atoms with Gasteiger partial charge in [-0.15, -0.1) is 5.10 Å². The highest BCUT2D eigenvalue weighted by molar-refractivity contribution is 7.98. The second kappa shape index (κ2) is 6.55. The number of hydrogen-bond donors (Lipinski definition) is 2. The normalized spacial score (nSPS) is 12.1. The van der Waals surface area contributed by atoms with Crippen molar-refractivity contribution in [2.75, 3.05) is 12.0 Å². The van der Waals surface area contributed by atoms with Crippen molar-refractivity contribution >= 4 is 35.2 Å². The highest BCUT2D eigenvalue weighted by atomic mass is 32.2. The second-order valence-corrected chi connectivity index (χ2v) is 5.07. The number of aromatic nitrogens is 2. The topological polar surface area (TPSA) is 92.2 Å². The fraction of sp³-hybridized carbons (Fsp3) is 0.556. The molecule has 0 radical (unpaired) electrons. The molecular weight excluding hydrogens is 262 g/mol. The highest BCUT2D eigenvalue weighted by Crippen LogP contribution is 2.10. The molecule has 0 unspecified atom stereocenters. The van der Waals surface area contributed by atoms with Gasteiger partial charge in [-0.2, -0.15) is 11.8 Å². The molecule has 0 saturated heterocycles. The number of carboxylic acid groups (broad SMARTS) is 1. The number of nitrogens with one attached hydrogen (secondary N) is 1. The molecule has 1 aromatic rings. The van der Waals surface area contributed by atoms with Crippen LogP contribution < -0.4 is 5.32 Å². The van der Waals surface area contributed by atoms with Crippen molar-refractivity contribution in [2.24, 2.45) is 0 Å². The van der Waals surface area contributed by atoms with Gasteiger partial charge in [-0.25, -0.2) is 4.79 Å². The average Bonchev–Trinajstić information content (AvgIpc) is 2.70. The molecule has 0 aliphatic heterocycles. The Kier molecular flexibility index (Phi) is 5.36. The molecule has 1 amide bonds. The van der Waals surface area contributed by atoms with Gasteiger partial charge >= 0.3 is 5.97 Å². The summed E-state index contributed by atoms with van der Waals surface area (Å²) in [6.07, 6.45) is 2.28. The molecule has 1 atom stereocenters. The first-order valence-corrected chi connectivity index (χ1v) is 7.04. The molecule has 94 valence electrons. The number of carbonyl (C=O) groups excluding carboxylic acids is 1.